The average Bonchev–Trinajstić information content (AvgIpc) is 2.41. The van der Waals surface area contributed by atoms with Crippen molar-refractivity contribution < 1.29 is 13.1 Å². The first kappa shape index (κ1) is 15.1. The van der Waals surface area contributed by atoms with Crippen LogP contribution in [0.2, 0.25) is 10.0 Å². The molecule has 0 aliphatic rings. The summed E-state index contributed by atoms with van der Waals surface area (Å²) < 4.78 is 25.3. The Kier molecular flexibility index (Phi) is 4.22. The highest BCUT2D eigenvalue weighted by Gasteiger charge is 2.32. The van der Waals surface area contributed by atoms with Crippen LogP contribution in [0.1, 0.15) is 17.7 Å². The van der Waals surface area contributed by atoms with E-state index in [1.165, 1.54) is 37.3 Å². The maximum atomic E-state index is 12.5. The Morgan fingerprint density at radius 3 is 2.55 bits per heavy atom. The molecular weight excluding hydrogens is 321 g/mol. The third kappa shape index (κ3) is 2.75. The molecule has 1 unspecified atom stereocenters. The molecule has 0 amide bonds. The fourth-order valence-electron chi connectivity index (χ4n) is 1.81. The molecule has 2 aromatic rings. The first-order chi connectivity index (χ1) is 9.34. The van der Waals surface area contributed by atoms with Gasteiger partial charge < -0.3 is 5.21 Å². The summed E-state index contributed by atoms with van der Waals surface area (Å²) in [5.74, 6) is 0. The second kappa shape index (κ2) is 5.60. The molecule has 7 heteroatoms. The molecule has 0 saturated carbocycles. The second-order valence-electron chi connectivity index (χ2n) is 4.22. The van der Waals surface area contributed by atoms with Gasteiger partial charge in [0.1, 0.15) is 0 Å². The molecule has 0 spiro atoms. The van der Waals surface area contributed by atoms with Crippen LogP contribution in [0.15, 0.2) is 47.6 Å². The summed E-state index contributed by atoms with van der Waals surface area (Å²) in [7, 11) is -3.85. The average molecular weight is 332 g/mol. The zero-order valence-electron chi connectivity index (χ0n) is 10.5. The Balaban J connectivity index is 2.55. The summed E-state index contributed by atoms with van der Waals surface area (Å²) in [6.45, 7) is 1.47. The number of hydrogen-bond donors (Lipinski definition) is 0. The molecule has 0 bridgehead atoms. The van der Waals surface area contributed by atoms with Crippen LogP contribution in [0.25, 0.3) is 0 Å². The zero-order valence-corrected chi connectivity index (χ0v) is 12.8. The van der Waals surface area contributed by atoms with Crippen molar-refractivity contribution in [1.82, 2.24) is 0 Å². The minimum absolute atomic E-state index is 0.291. The molecule has 1 aromatic heterocycles. The normalized spacial score (nSPS) is 13.2. The van der Waals surface area contributed by atoms with Gasteiger partial charge in [-0.25, -0.2) is 8.42 Å². The van der Waals surface area contributed by atoms with E-state index in [1.54, 1.807) is 6.07 Å². The van der Waals surface area contributed by atoms with Gasteiger partial charge in [-0.1, -0.05) is 23.2 Å². The Labute approximate surface area is 127 Å². The van der Waals surface area contributed by atoms with Crippen molar-refractivity contribution in [1.29, 1.82) is 0 Å². The highest BCUT2D eigenvalue weighted by atomic mass is 35.5. The van der Waals surface area contributed by atoms with Gasteiger partial charge in [-0.15, -0.1) is 0 Å². The van der Waals surface area contributed by atoms with Gasteiger partial charge in [-0.3, -0.25) is 0 Å². The molecule has 0 aliphatic carbocycles. The molecule has 2 rings (SSSR count). The van der Waals surface area contributed by atoms with Crippen LogP contribution >= 0.6 is 23.2 Å². The molecule has 4 nitrogen and oxygen atoms in total. The van der Waals surface area contributed by atoms with Crippen LogP contribution in [0.4, 0.5) is 0 Å². The van der Waals surface area contributed by atoms with Crippen LogP contribution in [-0.4, -0.2) is 8.42 Å². The van der Waals surface area contributed by atoms with E-state index in [9.17, 15) is 13.6 Å². The van der Waals surface area contributed by atoms with Gasteiger partial charge in [-0.05, 0) is 36.8 Å². The molecule has 106 valence electrons. The van der Waals surface area contributed by atoms with Gasteiger partial charge >= 0.3 is 5.03 Å². The lowest BCUT2D eigenvalue weighted by molar-refractivity contribution is -0.646. The zero-order chi connectivity index (χ0) is 14.9. The number of hydrogen-bond acceptors (Lipinski definition) is 3. The van der Waals surface area contributed by atoms with E-state index in [2.05, 4.69) is 0 Å². The predicted octanol–water partition coefficient (Wildman–Crippen LogP) is 3.16. The summed E-state index contributed by atoms with van der Waals surface area (Å²) in [5.41, 5.74) is 0.364. The Morgan fingerprint density at radius 1 is 1.20 bits per heavy atom. The van der Waals surface area contributed by atoms with Gasteiger partial charge in [0.25, 0.3) is 0 Å². The van der Waals surface area contributed by atoms with E-state index in [0.29, 0.717) is 20.3 Å². The van der Waals surface area contributed by atoms with Crippen molar-refractivity contribution in [2.24, 2.45) is 0 Å². The molecule has 0 aliphatic heterocycles. The standard InChI is InChI=1S/C13H11Cl2NO3S/c1-9(11-8-10(14)5-6-12(11)15)20(18,19)13-4-2-3-7-16(13)17/h2-9H,1H3. The fourth-order valence-corrected chi connectivity index (χ4v) is 3.81. The highest BCUT2D eigenvalue weighted by molar-refractivity contribution is 7.91. The first-order valence-electron chi connectivity index (χ1n) is 5.71. The quantitative estimate of drug-likeness (QED) is 0.641. The molecule has 0 saturated heterocycles. The fraction of sp³-hybridized carbons (Fsp3) is 0.154. The lowest BCUT2D eigenvalue weighted by Gasteiger charge is -2.14. The summed E-state index contributed by atoms with van der Waals surface area (Å²) >= 11 is 11.9. The Morgan fingerprint density at radius 2 is 1.90 bits per heavy atom. The van der Waals surface area contributed by atoms with Gasteiger partial charge in [0.2, 0.25) is 9.84 Å². The number of aromatic nitrogens is 1. The van der Waals surface area contributed by atoms with Crippen LogP contribution in [0.3, 0.4) is 0 Å². The molecule has 20 heavy (non-hydrogen) atoms. The first-order valence-corrected chi connectivity index (χ1v) is 8.01. The molecule has 0 radical (unpaired) electrons. The third-order valence-corrected chi connectivity index (χ3v) is 5.60. The SMILES string of the molecule is CC(c1cc(Cl)ccc1Cl)S(=O)(=O)c1cccc[n+]1[O-]. The van der Waals surface area contributed by atoms with Gasteiger partial charge in [-0.2, -0.15) is 4.73 Å². The monoisotopic (exact) mass is 331 g/mol. The van der Waals surface area contributed by atoms with Crippen molar-refractivity contribution in [3.05, 3.63) is 63.4 Å². The lowest BCUT2D eigenvalue weighted by Crippen LogP contribution is -2.34. The molecule has 1 heterocycles. The summed E-state index contributed by atoms with van der Waals surface area (Å²) in [6.07, 6.45) is 1.14. The predicted molar refractivity (Wildman–Crippen MR) is 77.5 cm³/mol. The minimum atomic E-state index is -3.85. The van der Waals surface area contributed by atoms with Crippen molar-refractivity contribution in [2.45, 2.75) is 17.2 Å². The number of nitrogens with zero attached hydrogens (tertiary/aromatic N) is 1. The summed E-state index contributed by atoms with van der Waals surface area (Å²) in [5, 5.41) is 11.0. The van der Waals surface area contributed by atoms with E-state index in [-0.39, 0.29) is 5.03 Å². The van der Waals surface area contributed by atoms with E-state index < -0.39 is 15.1 Å². The van der Waals surface area contributed by atoms with E-state index in [4.69, 9.17) is 23.2 Å². The van der Waals surface area contributed by atoms with Crippen molar-refractivity contribution >= 4 is 33.0 Å². The van der Waals surface area contributed by atoms with Gasteiger partial charge in [0.15, 0.2) is 6.20 Å². The van der Waals surface area contributed by atoms with Crippen LogP contribution in [-0.2, 0) is 9.84 Å². The van der Waals surface area contributed by atoms with Crippen molar-refractivity contribution in [3.63, 3.8) is 0 Å². The summed E-state index contributed by atoms with van der Waals surface area (Å²) in [4.78, 5) is 0. The lowest BCUT2D eigenvalue weighted by atomic mass is 10.2. The van der Waals surface area contributed by atoms with E-state index >= 15 is 0 Å². The molecule has 1 atom stereocenters. The third-order valence-electron chi connectivity index (χ3n) is 2.94. The van der Waals surface area contributed by atoms with E-state index in [0.717, 1.165) is 6.20 Å². The maximum absolute atomic E-state index is 12.5. The summed E-state index contributed by atoms with van der Waals surface area (Å²) in [6, 6.07) is 8.81. The number of halogens is 2. The number of sulfone groups is 1. The second-order valence-corrected chi connectivity index (χ2v) is 7.28. The van der Waals surface area contributed by atoms with Crippen LogP contribution in [0.5, 0.6) is 0 Å². The van der Waals surface area contributed by atoms with Crippen LogP contribution in [0, 0.1) is 5.21 Å². The smallest absolute Gasteiger partial charge is 0.309 e. The number of benzene rings is 1. The molecule has 0 fully saturated rings. The van der Waals surface area contributed by atoms with Crippen molar-refractivity contribution in [3.8, 4) is 0 Å². The topological polar surface area (TPSA) is 61.1 Å². The van der Waals surface area contributed by atoms with Gasteiger partial charge in [0, 0.05) is 22.2 Å². The number of pyridine rings is 1. The minimum Gasteiger partial charge on any atom is -0.618 e. The Hall–Kier alpha value is -1.30. The Bertz CT molecular complexity index is 747. The van der Waals surface area contributed by atoms with Crippen LogP contribution < -0.4 is 4.73 Å². The van der Waals surface area contributed by atoms with Crippen molar-refractivity contribution in [2.75, 3.05) is 0 Å². The largest absolute Gasteiger partial charge is 0.618 e. The number of rotatable bonds is 3. The molecule has 0 N–H and O–H groups in total. The maximum Gasteiger partial charge on any atom is 0.309 e. The molecular formula is C13H11Cl2NO3S. The highest BCUT2D eigenvalue weighted by Crippen LogP contribution is 2.33. The van der Waals surface area contributed by atoms with Gasteiger partial charge in [0.05, 0.1) is 5.25 Å². The van der Waals surface area contributed by atoms with E-state index in [1.807, 2.05) is 0 Å². The molecule has 1 aromatic carbocycles.